The number of thiocarbonyl (C=S) groups is 1. The van der Waals surface area contributed by atoms with Crippen molar-refractivity contribution in [2.45, 2.75) is 19.8 Å². The molecule has 3 N–H and O–H groups in total. The third-order valence-corrected chi connectivity index (χ3v) is 4.48. The van der Waals surface area contributed by atoms with Gasteiger partial charge in [-0.05, 0) is 49.0 Å². The van der Waals surface area contributed by atoms with E-state index in [9.17, 15) is 9.59 Å². The first kappa shape index (κ1) is 18.0. The zero-order valence-electron chi connectivity index (χ0n) is 13.9. The Balaban J connectivity index is 1.65. The summed E-state index contributed by atoms with van der Waals surface area (Å²) in [5.74, 6) is -0.293. The standard InChI is InChI=1S/C17H16N4O3S2/c1-2-4-14(22)20-17-19-11-7-6-10(9-13(11)26-17)18-16(25)21-15(23)12-5-3-8-24-12/h3,5-9H,2,4H2,1H3,(H,19,20,22)(H2,18,21,23,25). The minimum Gasteiger partial charge on any atom is -0.459 e. The van der Waals surface area contributed by atoms with E-state index in [1.54, 1.807) is 18.2 Å². The van der Waals surface area contributed by atoms with Gasteiger partial charge in [0.2, 0.25) is 5.91 Å². The second kappa shape index (κ2) is 8.07. The van der Waals surface area contributed by atoms with Crippen LogP contribution in [0.5, 0.6) is 0 Å². The molecule has 3 aromatic rings. The molecule has 26 heavy (non-hydrogen) atoms. The number of anilines is 2. The van der Waals surface area contributed by atoms with Crippen molar-refractivity contribution in [1.82, 2.24) is 10.3 Å². The number of thiazole rings is 1. The molecular weight excluding hydrogens is 372 g/mol. The summed E-state index contributed by atoms with van der Waals surface area (Å²) in [5.41, 5.74) is 1.48. The molecule has 0 aliphatic carbocycles. The number of carbonyl (C=O) groups excluding carboxylic acids is 2. The Morgan fingerprint density at radius 3 is 2.85 bits per heavy atom. The van der Waals surface area contributed by atoms with E-state index >= 15 is 0 Å². The van der Waals surface area contributed by atoms with Gasteiger partial charge in [0.25, 0.3) is 5.91 Å². The Hall–Kier alpha value is -2.78. The SMILES string of the molecule is CCCC(=O)Nc1nc2ccc(NC(=S)NC(=O)c3ccco3)cc2s1. The number of fused-ring (bicyclic) bond motifs is 1. The van der Waals surface area contributed by atoms with Gasteiger partial charge in [-0.1, -0.05) is 18.3 Å². The summed E-state index contributed by atoms with van der Waals surface area (Å²) in [4.78, 5) is 28.0. The number of amides is 2. The lowest BCUT2D eigenvalue weighted by molar-refractivity contribution is -0.116. The fourth-order valence-electron chi connectivity index (χ4n) is 2.20. The van der Waals surface area contributed by atoms with Gasteiger partial charge < -0.3 is 15.1 Å². The normalized spacial score (nSPS) is 10.5. The van der Waals surface area contributed by atoms with E-state index in [1.807, 2.05) is 19.1 Å². The van der Waals surface area contributed by atoms with E-state index in [0.29, 0.717) is 17.2 Å². The third kappa shape index (κ3) is 4.44. The molecule has 0 aliphatic rings. The maximum Gasteiger partial charge on any atom is 0.293 e. The Bertz CT molecular complexity index is 950. The number of hydrogen-bond acceptors (Lipinski definition) is 6. The van der Waals surface area contributed by atoms with Crippen molar-refractivity contribution in [3.8, 4) is 0 Å². The summed E-state index contributed by atoms with van der Waals surface area (Å²) in [6.07, 6.45) is 2.66. The molecule has 3 rings (SSSR count). The van der Waals surface area contributed by atoms with E-state index in [2.05, 4.69) is 20.9 Å². The molecule has 0 unspecified atom stereocenters. The van der Waals surface area contributed by atoms with Gasteiger partial charge in [-0.2, -0.15) is 0 Å². The van der Waals surface area contributed by atoms with Gasteiger partial charge in [-0.15, -0.1) is 0 Å². The topological polar surface area (TPSA) is 96.3 Å². The van der Waals surface area contributed by atoms with Crippen molar-refractivity contribution in [3.63, 3.8) is 0 Å². The molecule has 0 saturated carbocycles. The van der Waals surface area contributed by atoms with Gasteiger partial charge in [0, 0.05) is 12.1 Å². The highest BCUT2D eigenvalue weighted by atomic mass is 32.1. The molecule has 2 aromatic heterocycles. The number of rotatable bonds is 5. The molecule has 2 amide bonds. The van der Waals surface area contributed by atoms with Gasteiger partial charge in [0.1, 0.15) is 0 Å². The van der Waals surface area contributed by atoms with E-state index in [4.69, 9.17) is 16.6 Å². The Labute approximate surface area is 158 Å². The molecule has 0 saturated heterocycles. The molecule has 0 fully saturated rings. The first-order valence-corrected chi connectivity index (χ1v) is 9.14. The molecule has 134 valence electrons. The van der Waals surface area contributed by atoms with Crippen molar-refractivity contribution in [2.24, 2.45) is 0 Å². The molecule has 0 radical (unpaired) electrons. The Morgan fingerprint density at radius 2 is 2.12 bits per heavy atom. The van der Waals surface area contributed by atoms with E-state index < -0.39 is 5.91 Å². The molecule has 0 aliphatic heterocycles. The highest BCUT2D eigenvalue weighted by molar-refractivity contribution is 7.80. The summed E-state index contributed by atoms with van der Waals surface area (Å²) in [7, 11) is 0. The lowest BCUT2D eigenvalue weighted by atomic mass is 10.3. The number of nitrogens with zero attached hydrogens (tertiary/aromatic N) is 1. The maximum absolute atomic E-state index is 11.9. The largest absolute Gasteiger partial charge is 0.459 e. The molecule has 9 heteroatoms. The zero-order valence-corrected chi connectivity index (χ0v) is 15.5. The average molecular weight is 388 g/mol. The van der Waals surface area contributed by atoms with Crippen LogP contribution in [0.15, 0.2) is 41.0 Å². The highest BCUT2D eigenvalue weighted by Gasteiger charge is 2.11. The lowest BCUT2D eigenvalue weighted by Gasteiger charge is -2.08. The smallest absolute Gasteiger partial charge is 0.293 e. The average Bonchev–Trinajstić information content (AvgIpc) is 3.23. The van der Waals surface area contributed by atoms with Gasteiger partial charge in [0.15, 0.2) is 16.0 Å². The van der Waals surface area contributed by atoms with E-state index in [-0.39, 0.29) is 16.8 Å². The summed E-state index contributed by atoms with van der Waals surface area (Å²) < 4.78 is 5.91. The van der Waals surface area contributed by atoms with Crippen LogP contribution in [0.3, 0.4) is 0 Å². The van der Waals surface area contributed by atoms with Crippen molar-refractivity contribution in [2.75, 3.05) is 10.6 Å². The second-order valence-electron chi connectivity index (χ2n) is 5.39. The monoisotopic (exact) mass is 388 g/mol. The number of hydrogen-bond donors (Lipinski definition) is 3. The molecule has 7 nitrogen and oxygen atoms in total. The van der Waals surface area contributed by atoms with Gasteiger partial charge >= 0.3 is 0 Å². The van der Waals surface area contributed by atoms with Crippen molar-refractivity contribution in [1.29, 1.82) is 0 Å². The van der Waals surface area contributed by atoms with Crippen LogP contribution in [-0.4, -0.2) is 21.9 Å². The summed E-state index contributed by atoms with van der Waals surface area (Å²) >= 11 is 6.52. The van der Waals surface area contributed by atoms with Crippen LogP contribution in [0.1, 0.15) is 30.3 Å². The maximum atomic E-state index is 11.9. The van der Waals surface area contributed by atoms with Crippen LogP contribution >= 0.6 is 23.6 Å². The Kier molecular flexibility index (Phi) is 5.59. The second-order valence-corrected chi connectivity index (χ2v) is 6.82. The summed E-state index contributed by atoms with van der Waals surface area (Å²) in [5, 5.41) is 9.00. The van der Waals surface area contributed by atoms with Gasteiger partial charge in [-0.25, -0.2) is 4.98 Å². The van der Waals surface area contributed by atoms with Crippen LogP contribution in [0.2, 0.25) is 0 Å². The quantitative estimate of drug-likeness (QED) is 0.576. The Morgan fingerprint density at radius 1 is 1.27 bits per heavy atom. The minimum atomic E-state index is -0.424. The summed E-state index contributed by atoms with van der Waals surface area (Å²) in [6, 6.07) is 8.65. The molecular formula is C17H16N4O3S2. The van der Waals surface area contributed by atoms with E-state index in [1.165, 1.54) is 17.6 Å². The van der Waals surface area contributed by atoms with Gasteiger partial charge in [0.05, 0.1) is 16.5 Å². The number of carbonyl (C=O) groups is 2. The highest BCUT2D eigenvalue weighted by Crippen LogP contribution is 2.28. The molecule has 2 heterocycles. The van der Waals surface area contributed by atoms with E-state index in [0.717, 1.165) is 16.6 Å². The van der Waals surface area contributed by atoms with Crippen LogP contribution in [-0.2, 0) is 4.79 Å². The predicted octanol–water partition coefficient (Wildman–Crippen LogP) is 3.75. The van der Waals surface area contributed by atoms with Crippen LogP contribution < -0.4 is 16.0 Å². The predicted molar refractivity (Wildman–Crippen MR) is 106 cm³/mol. The molecule has 0 bridgehead atoms. The number of nitrogens with one attached hydrogen (secondary N) is 3. The zero-order chi connectivity index (χ0) is 18.5. The molecule has 0 atom stereocenters. The van der Waals surface area contributed by atoms with Crippen LogP contribution in [0, 0.1) is 0 Å². The fourth-order valence-corrected chi connectivity index (χ4v) is 3.33. The van der Waals surface area contributed by atoms with Crippen LogP contribution in [0.4, 0.5) is 10.8 Å². The number of aromatic nitrogens is 1. The van der Waals surface area contributed by atoms with Crippen molar-refractivity contribution in [3.05, 3.63) is 42.4 Å². The number of benzene rings is 1. The van der Waals surface area contributed by atoms with Gasteiger partial charge in [-0.3, -0.25) is 14.9 Å². The minimum absolute atomic E-state index is 0.0493. The van der Waals surface area contributed by atoms with Crippen LogP contribution in [0.25, 0.3) is 10.2 Å². The summed E-state index contributed by atoms with van der Waals surface area (Å²) in [6.45, 7) is 1.95. The molecule has 1 aromatic carbocycles. The first-order chi connectivity index (χ1) is 12.5. The van der Waals surface area contributed by atoms with Crippen molar-refractivity contribution < 1.29 is 14.0 Å². The third-order valence-electron chi connectivity index (χ3n) is 3.34. The lowest BCUT2D eigenvalue weighted by Crippen LogP contribution is -2.33. The molecule has 0 spiro atoms. The fraction of sp³-hybridized carbons (Fsp3) is 0.176. The first-order valence-electron chi connectivity index (χ1n) is 7.91. The van der Waals surface area contributed by atoms with Crippen molar-refractivity contribution >= 4 is 61.5 Å². The number of furan rings is 1.